The summed E-state index contributed by atoms with van der Waals surface area (Å²) in [7, 11) is 15.1. The molecule has 0 spiro atoms. The van der Waals surface area contributed by atoms with E-state index in [9.17, 15) is 29.4 Å². The molecule has 50 heavy (non-hydrogen) atoms. The summed E-state index contributed by atoms with van der Waals surface area (Å²) in [5.41, 5.74) is 1.72. The predicted octanol–water partition coefficient (Wildman–Crippen LogP) is 4.09. The largest absolute Gasteiger partial charge is 0.395 e. The van der Waals surface area contributed by atoms with Gasteiger partial charge in [-0.25, -0.2) is 0 Å². The van der Waals surface area contributed by atoms with Crippen molar-refractivity contribution in [3.8, 4) is 0 Å². The standard InChI is InChI=1S/C34H38N4O6S6/c1-37(2)29(43)33-15-31(17-9-5-7-11-19(17)35-27(31)23(33)25(41)21(13-39)45-49-47-33)32-16-34(30(44)38(3)4)24(26(42)22(14-40)46-50-48-34)28(32)36-20-12-8-6-10-18(20)32/h5-12,21-24,27-28,35-36,39-40H,13-16H2,1-4H3. The van der Waals surface area contributed by atoms with E-state index in [2.05, 4.69) is 22.8 Å². The molecule has 2 amide bonds. The van der Waals surface area contributed by atoms with Gasteiger partial charge in [-0.2, -0.15) is 0 Å². The maximum Gasteiger partial charge on any atom is 0.240 e. The lowest BCUT2D eigenvalue weighted by molar-refractivity contribution is -0.136. The summed E-state index contributed by atoms with van der Waals surface area (Å²) < 4.78 is -2.44. The zero-order valence-corrected chi connectivity index (χ0v) is 32.7. The van der Waals surface area contributed by atoms with E-state index in [1.807, 2.05) is 36.4 Å². The first-order chi connectivity index (χ1) is 23.9. The highest BCUT2D eigenvalue weighted by molar-refractivity contribution is 9.10. The number of carbonyl (C=O) groups is 4. The SMILES string of the molecule is CN(C)C(=O)C12CC3(C45CC6(C(=O)N(C)C)SSSC(CO)C(=O)C6C4Nc4ccccc45)c4ccccc4NC3C1C(=O)C(CO)SSS2. The monoisotopic (exact) mass is 790 g/mol. The molecule has 4 aliphatic heterocycles. The number of aliphatic hydroxyl groups is 2. The average Bonchev–Trinajstić information content (AvgIpc) is 3.73. The van der Waals surface area contributed by atoms with Crippen LogP contribution < -0.4 is 10.6 Å². The zero-order chi connectivity index (χ0) is 35.4. The van der Waals surface area contributed by atoms with Crippen molar-refractivity contribution in [3.05, 3.63) is 59.7 Å². The van der Waals surface area contributed by atoms with Crippen molar-refractivity contribution in [2.45, 2.75) is 55.7 Å². The molecule has 4 N–H and O–H groups in total. The molecule has 8 rings (SSSR count). The molecular formula is C34H38N4O6S6. The topological polar surface area (TPSA) is 139 Å². The zero-order valence-electron chi connectivity index (χ0n) is 27.8. The van der Waals surface area contributed by atoms with E-state index < -0.39 is 54.7 Å². The molecule has 10 atom stereocenters. The highest BCUT2D eigenvalue weighted by Gasteiger charge is 2.83. The van der Waals surface area contributed by atoms with Crippen molar-refractivity contribution in [3.63, 3.8) is 0 Å². The molecule has 16 heteroatoms. The minimum absolute atomic E-state index is 0.170. The fourth-order valence-corrected chi connectivity index (χ4v) is 21.6. The number of fused-ring (bicyclic) bond motifs is 11. The van der Waals surface area contributed by atoms with Crippen LogP contribution >= 0.6 is 62.8 Å². The van der Waals surface area contributed by atoms with Gasteiger partial charge in [0.25, 0.3) is 0 Å². The Hall–Kier alpha value is -1.66. The first-order valence-corrected chi connectivity index (χ1v) is 23.5. The first kappa shape index (κ1) is 35.4. The fraction of sp³-hybridized carbons (Fsp3) is 0.529. The number of carbonyl (C=O) groups excluding carboxylic acids is 4. The van der Waals surface area contributed by atoms with Gasteiger partial charge < -0.3 is 30.6 Å². The molecule has 4 heterocycles. The van der Waals surface area contributed by atoms with Crippen LogP contribution in [0.4, 0.5) is 11.4 Å². The molecular weight excluding hydrogens is 753 g/mol. The molecule has 4 fully saturated rings. The number of nitrogens with zero attached hydrogens (tertiary/aromatic N) is 2. The van der Waals surface area contributed by atoms with Crippen molar-refractivity contribution in [1.82, 2.24) is 9.80 Å². The van der Waals surface area contributed by atoms with Crippen LogP contribution in [0.1, 0.15) is 24.0 Å². The van der Waals surface area contributed by atoms with Crippen LogP contribution in [0, 0.1) is 11.8 Å². The maximum atomic E-state index is 14.9. The molecule has 6 aliphatic rings. The fourth-order valence-electron chi connectivity index (χ4n) is 10.2. The Morgan fingerprint density at radius 2 is 1.08 bits per heavy atom. The molecule has 10 nitrogen and oxygen atoms in total. The Morgan fingerprint density at radius 1 is 0.700 bits per heavy atom. The minimum Gasteiger partial charge on any atom is -0.395 e. The van der Waals surface area contributed by atoms with Gasteiger partial charge in [0.1, 0.15) is 9.49 Å². The van der Waals surface area contributed by atoms with E-state index in [0.29, 0.717) is 0 Å². The first-order valence-electron chi connectivity index (χ1n) is 16.4. The number of benzene rings is 2. The van der Waals surface area contributed by atoms with Gasteiger partial charge in [-0.05, 0) is 55.8 Å². The van der Waals surface area contributed by atoms with Gasteiger partial charge in [-0.3, -0.25) is 19.2 Å². The number of hydrogen-bond acceptors (Lipinski definition) is 14. The summed E-state index contributed by atoms with van der Waals surface area (Å²) in [4.78, 5) is 62.5. The number of nitrogens with one attached hydrogen (secondary N) is 2. The van der Waals surface area contributed by atoms with Crippen LogP contribution in [0.25, 0.3) is 0 Å². The van der Waals surface area contributed by atoms with Crippen molar-refractivity contribution in [2.75, 3.05) is 52.0 Å². The van der Waals surface area contributed by atoms with E-state index in [1.165, 1.54) is 62.8 Å². The summed E-state index contributed by atoms with van der Waals surface area (Å²) in [6, 6.07) is 14.9. The van der Waals surface area contributed by atoms with Crippen molar-refractivity contribution >= 4 is 97.6 Å². The van der Waals surface area contributed by atoms with Gasteiger partial charge >= 0.3 is 0 Å². The number of anilines is 2. The van der Waals surface area contributed by atoms with E-state index in [0.717, 1.165) is 22.5 Å². The second-order valence-electron chi connectivity index (χ2n) is 14.4. The van der Waals surface area contributed by atoms with Gasteiger partial charge in [-0.15, -0.1) is 0 Å². The van der Waals surface area contributed by atoms with Gasteiger partial charge in [0, 0.05) is 62.5 Å². The molecule has 0 bridgehead atoms. The van der Waals surface area contributed by atoms with Crippen LogP contribution in [0.5, 0.6) is 0 Å². The van der Waals surface area contributed by atoms with Crippen LogP contribution in [0.3, 0.4) is 0 Å². The molecule has 0 aromatic heterocycles. The summed E-state index contributed by atoms with van der Waals surface area (Å²) in [6.07, 6.45) is 0.544. The van der Waals surface area contributed by atoms with E-state index in [1.54, 1.807) is 38.0 Å². The summed E-state index contributed by atoms with van der Waals surface area (Å²) in [5.74, 6) is -2.35. The quantitative estimate of drug-likeness (QED) is 0.324. The number of para-hydroxylation sites is 2. The number of ketones is 2. The highest BCUT2D eigenvalue weighted by atomic mass is 33.5. The van der Waals surface area contributed by atoms with Crippen LogP contribution in [0.2, 0.25) is 0 Å². The second-order valence-corrected chi connectivity index (χ2v) is 23.4. The summed E-state index contributed by atoms with van der Waals surface area (Å²) in [5, 5.41) is 27.1. The lowest BCUT2D eigenvalue weighted by atomic mass is 9.53. The third kappa shape index (κ3) is 4.39. The lowest BCUT2D eigenvalue weighted by Crippen LogP contribution is -2.59. The Kier molecular flexibility index (Phi) is 8.81. The maximum absolute atomic E-state index is 14.9. The Bertz CT molecular complexity index is 1670. The molecule has 2 aromatic carbocycles. The molecule has 0 radical (unpaired) electrons. The third-order valence-electron chi connectivity index (χ3n) is 11.8. The molecule has 10 unspecified atom stereocenters. The normalized spacial score (nSPS) is 39.4. The summed E-state index contributed by atoms with van der Waals surface area (Å²) >= 11 is 0. The Balaban J connectivity index is 1.48. The molecule has 266 valence electrons. The molecule has 2 saturated heterocycles. The van der Waals surface area contributed by atoms with Gasteiger partial charge in [0.05, 0.1) is 35.5 Å². The van der Waals surface area contributed by atoms with E-state index in [-0.39, 0.29) is 49.4 Å². The van der Waals surface area contributed by atoms with Crippen molar-refractivity contribution < 1.29 is 29.4 Å². The van der Waals surface area contributed by atoms with Crippen molar-refractivity contribution in [2.24, 2.45) is 11.8 Å². The molecule has 2 aliphatic carbocycles. The number of Topliss-reactive ketones (excluding diaryl/α,β-unsaturated/α-hetero) is 2. The third-order valence-corrected chi connectivity index (χ3v) is 21.8. The molecule has 2 aromatic rings. The Morgan fingerprint density at radius 3 is 1.44 bits per heavy atom. The van der Waals surface area contributed by atoms with Gasteiger partial charge in [-0.1, -0.05) is 79.6 Å². The average molecular weight is 791 g/mol. The van der Waals surface area contributed by atoms with Gasteiger partial charge in [0.15, 0.2) is 11.6 Å². The van der Waals surface area contributed by atoms with Crippen LogP contribution in [-0.4, -0.2) is 117 Å². The molecule has 2 saturated carbocycles. The van der Waals surface area contributed by atoms with E-state index >= 15 is 0 Å². The number of hydrogen-bond donors (Lipinski definition) is 4. The Labute approximate surface area is 314 Å². The highest BCUT2D eigenvalue weighted by Crippen LogP contribution is 2.78. The van der Waals surface area contributed by atoms with Crippen LogP contribution in [0.15, 0.2) is 48.5 Å². The number of aliphatic hydroxyl groups excluding tert-OH is 2. The summed E-state index contributed by atoms with van der Waals surface area (Å²) in [6.45, 7) is -0.703. The smallest absolute Gasteiger partial charge is 0.240 e. The number of rotatable bonds is 5. The predicted molar refractivity (Wildman–Crippen MR) is 207 cm³/mol. The second kappa shape index (κ2) is 12.5. The van der Waals surface area contributed by atoms with Gasteiger partial charge in [0.2, 0.25) is 11.8 Å². The van der Waals surface area contributed by atoms with Crippen LogP contribution in [-0.2, 0) is 30.0 Å². The van der Waals surface area contributed by atoms with Crippen molar-refractivity contribution in [1.29, 1.82) is 0 Å². The van der Waals surface area contributed by atoms with E-state index in [4.69, 9.17) is 0 Å². The number of amides is 2. The lowest BCUT2D eigenvalue weighted by Gasteiger charge is -2.49. The minimum atomic E-state index is -1.22.